The first-order valence-corrected chi connectivity index (χ1v) is 8.63. The third-order valence-electron chi connectivity index (χ3n) is 4.78. The van der Waals surface area contributed by atoms with Crippen molar-refractivity contribution < 1.29 is 4.79 Å². The molecule has 1 aromatic heterocycles. The van der Waals surface area contributed by atoms with Crippen molar-refractivity contribution in [1.82, 2.24) is 15.2 Å². The standard InChI is InChI=1S/C18H20ClN3O/c1-11-10-20-6-7-22(11)18(23)15-9-17(12-2-3-12)21-16-5-4-13(19)8-14(15)16/h4-5,8-9,11-12,20H,2-3,6-7,10H2,1H3. The summed E-state index contributed by atoms with van der Waals surface area (Å²) in [6, 6.07) is 7.81. The van der Waals surface area contributed by atoms with Gasteiger partial charge in [0.25, 0.3) is 5.91 Å². The molecule has 4 nitrogen and oxygen atoms in total. The molecule has 1 N–H and O–H groups in total. The largest absolute Gasteiger partial charge is 0.333 e. The number of carbonyl (C=O) groups excluding carboxylic acids is 1. The minimum atomic E-state index is 0.0931. The molecule has 2 aliphatic rings. The fourth-order valence-corrected chi connectivity index (χ4v) is 3.45. The lowest BCUT2D eigenvalue weighted by atomic mass is 10.0. The van der Waals surface area contributed by atoms with Crippen LogP contribution in [0.2, 0.25) is 5.02 Å². The van der Waals surface area contributed by atoms with Gasteiger partial charge in [-0.15, -0.1) is 0 Å². The zero-order valence-electron chi connectivity index (χ0n) is 13.2. The molecule has 120 valence electrons. The molecule has 1 amide bonds. The Balaban J connectivity index is 1.83. The summed E-state index contributed by atoms with van der Waals surface area (Å²) in [7, 11) is 0. The maximum atomic E-state index is 13.2. The van der Waals surface area contributed by atoms with Crippen LogP contribution in [-0.4, -0.2) is 41.5 Å². The molecule has 1 aromatic carbocycles. The van der Waals surface area contributed by atoms with Gasteiger partial charge in [0, 0.05) is 47.7 Å². The molecule has 4 rings (SSSR count). The van der Waals surface area contributed by atoms with Crippen LogP contribution in [0.3, 0.4) is 0 Å². The molecule has 2 heterocycles. The summed E-state index contributed by atoms with van der Waals surface area (Å²) < 4.78 is 0. The quantitative estimate of drug-likeness (QED) is 0.920. The Morgan fingerprint density at radius 3 is 2.91 bits per heavy atom. The summed E-state index contributed by atoms with van der Waals surface area (Å²) in [6.45, 7) is 4.51. The van der Waals surface area contributed by atoms with Gasteiger partial charge in [-0.25, -0.2) is 0 Å². The number of amides is 1. The molecule has 2 fully saturated rings. The zero-order valence-corrected chi connectivity index (χ0v) is 13.9. The fourth-order valence-electron chi connectivity index (χ4n) is 3.28. The molecule has 23 heavy (non-hydrogen) atoms. The van der Waals surface area contributed by atoms with E-state index >= 15 is 0 Å². The van der Waals surface area contributed by atoms with Crippen LogP contribution in [0.5, 0.6) is 0 Å². The number of piperazine rings is 1. The minimum Gasteiger partial charge on any atom is -0.333 e. The summed E-state index contributed by atoms with van der Waals surface area (Å²) >= 11 is 6.16. The Bertz CT molecular complexity index is 772. The first-order chi connectivity index (χ1) is 11.1. The van der Waals surface area contributed by atoms with Gasteiger partial charge in [-0.3, -0.25) is 9.78 Å². The molecule has 1 aliphatic heterocycles. The second-order valence-corrected chi connectivity index (χ2v) is 7.02. The van der Waals surface area contributed by atoms with Crippen LogP contribution in [0.4, 0.5) is 0 Å². The third-order valence-corrected chi connectivity index (χ3v) is 5.01. The Morgan fingerprint density at radius 1 is 1.35 bits per heavy atom. The number of aromatic nitrogens is 1. The van der Waals surface area contributed by atoms with Gasteiger partial charge in [0.15, 0.2) is 0 Å². The van der Waals surface area contributed by atoms with Crippen molar-refractivity contribution in [3.63, 3.8) is 0 Å². The normalized spacial score (nSPS) is 21.7. The van der Waals surface area contributed by atoms with Gasteiger partial charge in [0.2, 0.25) is 0 Å². The van der Waals surface area contributed by atoms with E-state index < -0.39 is 0 Å². The summed E-state index contributed by atoms with van der Waals surface area (Å²) in [5.41, 5.74) is 2.66. The number of benzene rings is 1. The van der Waals surface area contributed by atoms with E-state index in [9.17, 15) is 4.79 Å². The molecule has 0 spiro atoms. The molecular weight excluding hydrogens is 310 g/mol. The lowest BCUT2D eigenvalue weighted by Crippen LogP contribution is -2.52. The SMILES string of the molecule is CC1CNCCN1C(=O)c1cc(C2CC2)nc2ccc(Cl)cc12. The van der Waals surface area contributed by atoms with Crippen molar-refractivity contribution in [1.29, 1.82) is 0 Å². The number of rotatable bonds is 2. The highest BCUT2D eigenvalue weighted by Gasteiger charge is 2.29. The van der Waals surface area contributed by atoms with Gasteiger partial charge in [-0.05, 0) is 44.0 Å². The molecular formula is C18H20ClN3O. The van der Waals surface area contributed by atoms with Gasteiger partial charge in [-0.1, -0.05) is 11.6 Å². The smallest absolute Gasteiger partial charge is 0.254 e. The van der Waals surface area contributed by atoms with Crippen molar-refractivity contribution >= 4 is 28.4 Å². The van der Waals surface area contributed by atoms with E-state index in [0.29, 0.717) is 10.9 Å². The van der Waals surface area contributed by atoms with Crippen LogP contribution in [0.1, 0.15) is 41.7 Å². The molecule has 5 heteroatoms. The molecule has 0 radical (unpaired) electrons. The maximum absolute atomic E-state index is 13.2. The van der Waals surface area contributed by atoms with Gasteiger partial charge in [-0.2, -0.15) is 0 Å². The van der Waals surface area contributed by atoms with Crippen LogP contribution in [0, 0.1) is 0 Å². The molecule has 0 bridgehead atoms. The number of nitrogens with one attached hydrogen (secondary N) is 1. The van der Waals surface area contributed by atoms with Crippen LogP contribution in [0.25, 0.3) is 10.9 Å². The molecule has 1 saturated carbocycles. The maximum Gasteiger partial charge on any atom is 0.254 e. The number of nitrogens with zero attached hydrogens (tertiary/aromatic N) is 2. The monoisotopic (exact) mass is 329 g/mol. The predicted octanol–water partition coefficient (Wildman–Crippen LogP) is 3.20. The van der Waals surface area contributed by atoms with Crippen LogP contribution in [0.15, 0.2) is 24.3 Å². The Kier molecular flexibility index (Phi) is 3.74. The highest BCUT2D eigenvalue weighted by molar-refractivity contribution is 6.31. The summed E-state index contributed by atoms with van der Waals surface area (Å²) in [6.07, 6.45) is 2.34. The molecule has 2 aromatic rings. The highest BCUT2D eigenvalue weighted by atomic mass is 35.5. The number of pyridine rings is 1. The van der Waals surface area contributed by atoms with E-state index in [4.69, 9.17) is 16.6 Å². The van der Waals surface area contributed by atoms with Crippen molar-refractivity contribution in [2.75, 3.05) is 19.6 Å². The van der Waals surface area contributed by atoms with Gasteiger partial charge >= 0.3 is 0 Å². The number of halogens is 1. The van der Waals surface area contributed by atoms with Crippen LogP contribution < -0.4 is 5.32 Å². The molecule has 1 atom stereocenters. The predicted molar refractivity (Wildman–Crippen MR) is 92.1 cm³/mol. The number of hydrogen-bond acceptors (Lipinski definition) is 3. The van der Waals surface area contributed by atoms with E-state index in [1.165, 1.54) is 12.8 Å². The summed E-state index contributed by atoms with van der Waals surface area (Å²) in [5.74, 6) is 0.609. The van der Waals surface area contributed by atoms with Gasteiger partial charge in [0.1, 0.15) is 0 Å². The third kappa shape index (κ3) is 2.81. The van der Waals surface area contributed by atoms with Crippen molar-refractivity contribution in [3.05, 3.63) is 40.5 Å². The number of hydrogen-bond donors (Lipinski definition) is 1. The van der Waals surface area contributed by atoms with E-state index in [1.54, 1.807) is 0 Å². The fraction of sp³-hybridized carbons (Fsp3) is 0.444. The van der Waals surface area contributed by atoms with Crippen molar-refractivity contribution in [3.8, 4) is 0 Å². The Labute approximate surface area is 140 Å². The number of fused-ring (bicyclic) bond motifs is 1. The zero-order chi connectivity index (χ0) is 16.0. The second kappa shape index (κ2) is 5.77. The Hall–Kier alpha value is -1.65. The first kappa shape index (κ1) is 14.9. The van der Waals surface area contributed by atoms with E-state index in [2.05, 4.69) is 12.2 Å². The molecule has 1 unspecified atom stereocenters. The molecule has 1 aliphatic carbocycles. The lowest BCUT2D eigenvalue weighted by molar-refractivity contribution is 0.0657. The van der Waals surface area contributed by atoms with E-state index in [0.717, 1.165) is 41.8 Å². The number of carbonyl (C=O) groups is 1. The average molecular weight is 330 g/mol. The van der Waals surface area contributed by atoms with Gasteiger partial charge < -0.3 is 10.2 Å². The Morgan fingerprint density at radius 2 is 2.17 bits per heavy atom. The van der Waals surface area contributed by atoms with E-state index in [1.807, 2.05) is 29.2 Å². The highest BCUT2D eigenvalue weighted by Crippen LogP contribution is 2.40. The summed E-state index contributed by atoms with van der Waals surface area (Å²) in [4.78, 5) is 19.9. The van der Waals surface area contributed by atoms with Crippen molar-refractivity contribution in [2.24, 2.45) is 0 Å². The minimum absolute atomic E-state index is 0.0931. The second-order valence-electron chi connectivity index (χ2n) is 6.58. The summed E-state index contributed by atoms with van der Waals surface area (Å²) in [5, 5.41) is 4.83. The van der Waals surface area contributed by atoms with E-state index in [-0.39, 0.29) is 11.9 Å². The molecule has 1 saturated heterocycles. The van der Waals surface area contributed by atoms with Crippen molar-refractivity contribution in [2.45, 2.75) is 31.7 Å². The van der Waals surface area contributed by atoms with Crippen LogP contribution >= 0.6 is 11.6 Å². The van der Waals surface area contributed by atoms with Gasteiger partial charge in [0.05, 0.1) is 11.1 Å². The average Bonchev–Trinajstić information content (AvgIpc) is 3.38. The topological polar surface area (TPSA) is 45.2 Å². The lowest BCUT2D eigenvalue weighted by Gasteiger charge is -2.34. The van der Waals surface area contributed by atoms with Crippen LogP contribution in [-0.2, 0) is 0 Å². The first-order valence-electron chi connectivity index (χ1n) is 8.25.